The van der Waals surface area contributed by atoms with Gasteiger partial charge in [-0.05, 0) is 37.8 Å². The molecule has 0 aliphatic heterocycles. The predicted octanol–water partition coefficient (Wildman–Crippen LogP) is 1.85. The zero-order valence-corrected chi connectivity index (χ0v) is 8.94. The number of hydrazone groups is 1. The Kier molecular flexibility index (Phi) is 4.36. The van der Waals surface area contributed by atoms with Gasteiger partial charge in [0.15, 0.2) is 0 Å². The molecule has 0 aromatic heterocycles. The Bertz CT molecular complexity index is 242. The van der Waals surface area contributed by atoms with Gasteiger partial charge in [0.1, 0.15) is 6.29 Å². The topological polar surface area (TPSA) is 32.7 Å². The van der Waals surface area contributed by atoms with E-state index in [0.29, 0.717) is 0 Å². The Morgan fingerprint density at radius 3 is 2.79 bits per heavy atom. The van der Waals surface area contributed by atoms with Gasteiger partial charge >= 0.3 is 0 Å². The molecule has 0 spiro atoms. The number of hydrogen-bond donors (Lipinski definition) is 0. The summed E-state index contributed by atoms with van der Waals surface area (Å²) in [5, 5.41) is 6.31. The summed E-state index contributed by atoms with van der Waals surface area (Å²) in [6.45, 7) is 2.93. The highest BCUT2D eigenvalue weighted by atomic mass is 16.1. The standard InChI is InChI=1S/C11H18N2O/c1-10(5-4-8-14)12-13(2)9-11-6-3-7-11/h4-5,8,11H,3,6-7,9H2,1-2H3/b5-4-,12-10-. The van der Waals surface area contributed by atoms with Crippen LogP contribution < -0.4 is 0 Å². The molecule has 1 fully saturated rings. The molecular weight excluding hydrogens is 176 g/mol. The molecule has 0 bridgehead atoms. The van der Waals surface area contributed by atoms with Gasteiger partial charge in [0, 0.05) is 13.6 Å². The minimum atomic E-state index is 0.769. The van der Waals surface area contributed by atoms with Crippen LogP contribution in [0.4, 0.5) is 0 Å². The second kappa shape index (κ2) is 5.58. The van der Waals surface area contributed by atoms with Crippen LogP contribution in [0.15, 0.2) is 17.3 Å². The van der Waals surface area contributed by atoms with Crippen LogP contribution in [0.25, 0.3) is 0 Å². The van der Waals surface area contributed by atoms with Gasteiger partial charge in [-0.3, -0.25) is 9.80 Å². The van der Waals surface area contributed by atoms with Gasteiger partial charge in [-0.25, -0.2) is 0 Å². The van der Waals surface area contributed by atoms with E-state index in [0.717, 1.165) is 24.5 Å². The van der Waals surface area contributed by atoms with Crippen LogP contribution in [-0.2, 0) is 4.79 Å². The molecule has 3 heteroatoms. The molecule has 1 aliphatic rings. The van der Waals surface area contributed by atoms with Gasteiger partial charge < -0.3 is 0 Å². The number of carbonyl (C=O) groups excluding carboxylic acids is 1. The highest BCUT2D eigenvalue weighted by Gasteiger charge is 2.18. The number of carbonyl (C=O) groups is 1. The predicted molar refractivity (Wildman–Crippen MR) is 58.3 cm³/mol. The van der Waals surface area contributed by atoms with Crippen molar-refractivity contribution in [3.8, 4) is 0 Å². The molecule has 78 valence electrons. The molecule has 0 aromatic rings. The first-order chi connectivity index (χ1) is 6.72. The molecule has 14 heavy (non-hydrogen) atoms. The maximum Gasteiger partial charge on any atom is 0.142 e. The normalized spacial score (nSPS) is 18.3. The lowest BCUT2D eigenvalue weighted by Gasteiger charge is -2.28. The summed E-state index contributed by atoms with van der Waals surface area (Å²) in [5.74, 6) is 0.826. The highest BCUT2D eigenvalue weighted by molar-refractivity contribution is 5.95. The van der Waals surface area contributed by atoms with Gasteiger partial charge in [0.25, 0.3) is 0 Å². The van der Waals surface area contributed by atoms with Crippen molar-refractivity contribution in [3.05, 3.63) is 12.2 Å². The van der Waals surface area contributed by atoms with Crippen molar-refractivity contribution in [2.24, 2.45) is 11.0 Å². The average Bonchev–Trinajstić information content (AvgIpc) is 2.08. The lowest BCUT2D eigenvalue weighted by Crippen LogP contribution is -2.26. The van der Waals surface area contributed by atoms with Crippen LogP contribution in [0.5, 0.6) is 0 Å². The van der Waals surface area contributed by atoms with Crippen molar-refractivity contribution < 1.29 is 4.79 Å². The summed E-state index contributed by atoms with van der Waals surface area (Å²) >= 11 is 0. The smallest absolute Gasteiger partial charge is 0.142 e. The van der Waals surface area contributed by atoms with Crippen molar-refractivity contribution in [2.45, 2.75) is 26.2 Å². The Balaban J connectivity index is 2.31. The third kappa shape index (κ3) is 3.73. The fourth-order valence-electron chi connectivity index (χ4n) is 1.57. The van der Waals surface area contributed by atoms with Gasteiger partial charge in [0.2, 0.25) is 0 Å². The molecule has 0 aromatic carbocycles. The van der Waals surface area contributed by atoms with Crippen molar-refractivity contribution >= 4 is 12.0 Å². The molecule has 0 radical (unpaired) electrons. The molecule has 0 heterocycles. The SMILES string of the molecule is CC(/C=C\C=O)=N/N(C)CC1CCC1. The third-order valence-electron chi connectivity index (χ3n) is 2.49. The summed E-state index contributed by atoms with van der Waals surface area (Å²) in [5.41, 5.74) is 0.874. The second-order valence-electron chi connectivity index (χ2n) is 3.87. The van der Waals surface area contributed by atoms with Crippen molar-refractivity contribution in [1.82, 2.24) is 5.01 Å². The molecular formula is C11H18N2O. The summed E-state index contributed by atoms with van der Waals surface area (Å²) in [4.78, 5) is 10.1. The van der Waals surface area contributed by atoms with Crippen LogP contribution in [0.3, 0.4) is 0 Å². The monoisotopic (exact) mass is 194 g/mol. The number of hydrogen-bond acceptors (Lipinski definition) is 3. The summed E-state index contributed by atoms with van der Waals surface area (Å²) in [7, 11) is 1.98. The average molecular weight is 194 g/mol. The van der Waals surface area contributed by atoms with Gasteiger partial charge in [-0.1, -0.05) is 6.42 Å². The van der Waals surface area contributed by atoms with Gasteiger partial charge in [0.05, 0.1) is 5.71 Å². The molecule has 0 saturated heterocycles. The quantitative estimate of drug-likeness (QED) is 0.289. The van der Waals surface area contributed by atoms with E-state index >= 15 is 0 Å². The summed E-state index contributed by atoms with van der Waals surface area (Å²) in [6.07, 6.45) is 8.00. The Morgan fingerprint density at radius 2 is 2.29 bits per heavy atom. The van der Waals surface area contributed by atoms with Crippen LogP contribution in [0.1, 0.15) is 26.2 Å². The minimum absolute atomic E-state index is 0.769. The van der Waals surface area contributed by atoms with Crippen molar-refractivity contribution in [1.29, 1.82) is 0 Å². The maximum atomic E-state index is 10.1. The Hall–Kier alpha value is -1.12. The van der Waals surface area contributed by atoms with Crippen molar-refractivity contribution in [2.75, 3.05) is 13.6 Å². The van der Waals surface area contributed by atoms with E-state index < -0.39 is 0 Å². The summed E-state index contributed by atoms with van der Waals surface area (Å²) in [6, 6.07) is 0. The van der Waals surface area contributed by atoms with E-state index in [-0.39, 0.29) is 0 Å². The maximum absolute atomic E-state index is 10.1. The van der Waals surface area contributed by atoms with E-state index in [2.05, 4.69) is 5.10 Å². The molecule has 0 N–H and O–H groups in total. The zero-order chi connectivity index (χ0) is 10.4. The molecule has 1 aliphatic carbocycles. The van der Waals surface area contributed by atoms with Crippen LogP contribution in [0, 0.1) is 5.92 Å². The first-order valence-corrected chi connectivity index (χ1v) is 5.10. The molecule has 0 amide bonds. The highest BCUT2D eigenvalue weighted by Crippen LogP contribution is 2.26. The molecule has 0 atom stereocenters. The van der Waals surface area contributed by atoms with Crippen LogP contribution in [-0.4, -0.2) is 30.6 Å². The van der Waals surface area contributed by atoms with E-state index in [9.17, 15) is 4.79 Å². The molecule has 1 rings (SSSR count). The van der Waals surface area contributed by atoms with Gasteiger partial charge in [-0.15, -0.1) is 0 Å². The van der Waals surface area contributed by atoms with Crippen LogP contribution >= 0.6 is 0 Å². The van der Waals surface area contributed by atoms with Crippen LogP contribution in [0.2, 0.25) is 0 Å². The van der Waals surface area contributed by atoms with E-state index in [1.54, 1.807) is 6.08 Å². The number of rotatable bonds is 5. The number of aldehydes is 1. The number of nitrogens with zero attached hydrogens (tertiary/aromatic N) is 2. The zero-order valence-electron chi connectivity index (χ0n) is 8.94. The Morgan fingerprint density at radius 1 is 1.57 bits per heavy atom. The molecule has 0 unspecified atom stereocenters. The second-order valence-corrected chi connectivity index (χ2v) is 3.87. The first kappa shape index (κ1) is 11.0. The minimum Gasteiger partial charge on any atom is -0.300 e. The van der Waals surface area contributed by atoms with Gasteiger partial charge in [-0.2, -0.15) is 5.10 Å². The van der Waals surface area contributed by atoms with E-state index in [1.165, 1.54) is 25.3 Å². The first-order valence-electron chi connectivity index (χ1n) is 5.10. The van der Waals surface area contributed by atoms with E-state index in [4.69, 9.17) is 0 Å². The number of allylic oxidation sites excluding steroid dienone is 2. The fraction of sp³-hybridized carbons (Fsp3) is 0.636. The third-order valence-corrected chi connectivity index (χ3v) is 2.49. The largest absolute Gasteiger partial charge is 0.300 e. The van der Waals surface area contributed by atoms with Crippen molar-refractivity contribution in [3.63, 3.8) is 0 Å². The lowest BCUT2D eigenvalue weighted by molar-refractivity contribution is -0.104. The molecule has 1 saturated carbocycles. The molecule has 3 nitrogen and oxygen atoms in total. The fourth-order valence-corrected chi connectivity index (χ4v) is 1.57. The van der Waals surface area contributed by atoms with E-state index in [1.807, 2.05) is 19.0 Å². The summed E-state index contributed by atoms with van der Waals surface area (Å²) < 4.78 is 0. The Labute approximate surface area is 85.5 Å². The lowest BCUT2D eigenvalue weighted by atomic mass is 9.85.